The lowest BCUT2D eigenvalue weighted by atomic mass is 9.94. The fourth-order valence-electron chi connectivity index (χ4n) is 5.04. The highest BCUT2D eigenvalue weighted by Crippen LogP contribution is 2.42. The number of rotatable bonds is 4. The number of alkyl halides is 3. The van der Waals surface area contributed by atoms with Crippen molar-refractivity contribution < 1.29 is 22.7 Å². The molecule has 5 nitrogen and oxygen atoms in total. The molecule has 37 heavy (non-hydrogen) atoms. The molecule has 0 aliphatic carbocycles. The number of aromatic nitrogens is 2. The molecule has 1 saturated heterocycles. The van der Waals surface area contributed by atoms with Crippen molar-refractivity contribution in [2.75, 3.05) is 13.7 Å². The second-order valence-corrected chi connectivity index (χ2v) is 9.95. The fourth-order valence-corrected chi connectivity index (χ4v) is 5.31. The minimum absolute atomic E-state index is 0.163. The Balaban J connectivity index is 1.56. The maximum atomic E-state index is 14.0. The number of carbonyl (C=O) groups is 1. The van der Waals surface area contributed by atoms with Crippen LogP contribution in [0.25, 0.3) is 22.2 Å². The zero-order valence-corrected chi connectivity index (χ0v) is 21.3. The van der Waals surface area contributed by atoms with E-state index in [1.54, 1.807) is 12.0 Å². The molecule has 0 radical (unpaired) electrons. The first kappa shape index (κ1) is 25.1. The number of aryl methyl sites for hydroxylation is 1. The number of H-pyrrole nitrogens is 1. The van der Waals surface area contributed by atoms with Crippen LogP contribution in [0.3, 0.4) is 0 Å². The van der Waals surface area contributed by atoms with Gasteiger partial charge in [-0.2, -0.15) is 13.2 Å². The van der Waals surface area contributed by atoms with Gasteiger partial charge in [-0.25, -0.2) is 4.98 Å². The first-order chi connectivity index (χ1) is 17.5. The van der Waals surface area contributed by atoms with Crippen LogP contribution in [0.2, 0.25) is 5.02 Å². The third-order valence-corrected chi connectivity index (χ3v) is 7.39. The number of amides is 1. The smallest absolute Gasteiger partial charge is 0.417 e. The Bertz CT molecular complexity index is 1500. The number of halogens is 4. The fraction of sp³-hybridized carbons (Fsp3) is 0.286. The molecule has 1 aliphatic rings. The van der Waals surface area contributed by atoms with Crippen molar-refractivity contribution in [3.05, 3.63) is 82.1 Å². The number of benzene rings is 3. The van der Waals surface area contributed by atoms with Crippen LogP contribution in [0.5, 0.6) is 5.75 Å². The number of likely N-dealkylation sites (tertiary alicyclic amines) is 1. The van der Waals surface area contributed by atoms with E-state index in [1.165, 1.54) is 6.07 Å². The molecular formula is C28H25ClF3N3O2. The Hall–Kier alpha value is -3.52. The molecule has 0 spiro atoms. The van der Waals surface area contributed by atoms with Gasteiger partial charge in [0, 0.05) is 12.1 Å². The van der Waals surface area contributed by atoms with Crippen molar-refractivity contribution in [1.29, 1.82) is 0 Å². The molecule has 0 unspecified atom stereocenters. The minimum atomic E-state index is -4.58. The second kappa shape index (κ2) is 9.10. The van der Waals surface area contributed by atoms with Crippen LogP contribution in [-0.2, 0) is 11.7 Å². The maximum Gasteiger partial charge on any atom is 0.417 e. The van der Waals surface area contributed by atoms with Gasteiger partial charge in [0.15, 0.2) is 0 Å². The molecule has 0 bridgehead atoms. The number of hydrogen-bond acceptors (Lipinski definition) is 3. The van der Waals surface area contributed by atoms with Gasteiger partial charge in [0.05, 0.1) is 34.3 Å². The van der Waals surface area contributed by atoms with E-state index in [1.807, 2.05) is 56.3 Å². The van der Waals surface area contributed by atoms with Gasteiger partial charge in [-0.3, -0.25) is 4.79 Å². The second-order valence-electron chi connectivity index (χ2n) is 9.54. The van der Waals surface area contributed by atoms with E-state index < -0.39 is 22.3 Å². The number of carbonyl (C=O) groups excluding carboxylic acids is 1. The van der Waals surface area contributed by atoms with Crippen LogP contribution in [0.1, 0.15) is 47.1 Å². The standard InChI is InChI=1S/C28H25ClF3N3O2/c1-16-5-10-19(17-6-8-18(37-3)9-7-17)20(13-16)25(36)35-12-4-11-27(35,2)26-33-23-14-21(28(30,31)32)22(29)15-24(23)34-26/h5-10,13-15H,4,11-12H2,1-3H3,(H,33,34)/t27-/m0/s1. The van der Waals surface area contributed by atoms with Gasteiger partial charge < -0.3 is 14.6 Å². The monoisotopic (exact) mass is 527 g/mol. The van der Waals surface area contributed by atoms with Crippen molar-refractivity contribution >= 4 is 28.5 Å². The van der Waals surface area contributed by atoms with E-state index in [0.29, 0.717) is 29.9 Å². The predicted octanol–water partition coefficient (Wildman–Crippen LogP) is 7.37. The molecule has 5 rings (SSSR count). The number of ether oxygens (including phenoxy) is 1. The summed E-state index contributed by atoms with van der Waals surface area (Å²) in [6, 6.07) is 15.5. The SMILES string of the molecule is COc1ccc(-c2ccc(C)cc2C(=O)N2CCC[C@@]2(C)c2nc3cc(Cl)c(C(F)(F)F)cc3[nH]2)cc1. The van der Waals surface area contributed by atoms with E-state index >= 15 is 0 Å². The largest absolute Gasteiger partial charge is 0.497 e. The topological polar surface area (TPSA) is 58.2 Å². The lowest BCUT2D eigenvalue weighted by molar-refractivity contribution is -0.137. The number of nitrogens with zero attached hydrogens (tertiary/aromatic N) is 2. The molecule has 4 aromatic rings. The van der Waals surface area contributed by atoms with Crippen molar-refractivity contribution in [2.24, 2.45) is 0 Å². The number of methoxy groups -OCH3 is 1. The first-order valence-electron chi connectivity index (χ1n) is 11.9. The van der Waals surface area contributed by atoms with Crippen molar-refractivity contribution in [1.82, 2.24) is 14.9 Å². The molecule has 3 aromatic carbocycles. The zero-order chi connectivity index (χ0) is 26.5. The molecule has 1 fully saturated rings. The van der Waals surface area contributed by atoms with Crippen LogP contribution in [-0.4, -0.2) is 34.4 Å². The summed E-state index contributed by atoms with van der Waals surface area (Å²) in [5.74, 6) is 0.987. The number of hydrogen-bond donors (Lipinski definition) is 1. The summed E-state index contributed by atoms with van der Waals surface area (Å²) in [5.41, 5.74) is 1.95. The van der Waals surface area contributed by atoms with Crippen molar-refractivity contribution in [2.45, 2.75) is 38.4 Å². The molecule has 1 aliphatic heterocycles. The summed E-state index contributed by atoms with van der Waals surface area (Å²) < 4.78 is 45.4. The van der Waals surface area contributed by atoms with Gasteiger partial charge in [0.2, 0.25) is 0 Å². The van der Waals surface area contributed by atoms with Crippen LogP contribution in [0.4, 0.5) is 13.2 Å². The highest BCUT2D eigenvalue weighted by atomic mass is 35.5. The van der Waals surface area contributed by atoms with E-state index in [9.17, 15) is 18.0 Å². The number of aromatic amines is 1. The number of imidazole rings is 1. The van der Waals surface area contributed by atoms with E-state index in [4.69, 9.17) is 16.3 Å². The summed E-state index contributed by atoms with van der Waals surface area (Å²) in [7, 11) is 1.60. The van der Waals surface area contributed by atoms with Crippen LogP contribution in [0, 0.1) is 6.92 Å². The van der Waals surface area contributed by atoms with Crippen LogP contribution < -0.4 is 4.74 Å². The Kier molecular flexibility index (Phi) is 6.18. The average Bonchev–Trinajstić information content (AvgIpc) is 3.46. The predicted molar refractivity (Wildman–Crippen MR) is 137 cm³/mol. The molecular weight excluding hydrogens is 503 g/mol. The number of nitrogens with one attached hydrogen (secondary N) is 1. The molecule has 1 N–H and O–H groups in total. The van der Waals surface area contributed by atoms with Gasteiger partial charge in [-0.05, 0) is 68.1 Å². The third-order valence-electron chi connectivity index (χ3n) is 7.08. The summed E-state index contributed by atoms with van der Waals surface area (Å²) in [6.07, 6.45) is -3.24. The Morgan fingerprint density at radius 2 is 1.86 bits per heavy atom. The highest BCUT2D eigenvalue weighted by molar-refractivity contribution is 6.32. The summed E-state index contributed by atoms with van der Waals surface area (Å²) in [6.45, 7) is 4.32. The van der Waals surface area contributed by atoms with Gasteiger partial charge in [-0.1, -0.05) is 41.4 Å². The quantitative estimate of drug-likeness (QED) is 0.301. The van der Waals surface area contributed by atoms with E-state index in [0.717, 1.165) is 34.9 Å². The highest BCUT2D eigenvalue weighted by Gasteiger charge is 2.44. The lowest BCUT2D eigenvalue weighted by Gasteiger charge is -2.34. The van der Waals surface area contributed by atoms with Gasteiger partial charge in [0.1, 0.15) is 11.6 Å². The molecule has 1 amide bonds. The van der Waals surface area contributed by atoms with E-state index in [2.05, 4.69) is 9.97 Å². The van der Waals surface area contributed by atoms with Crippen LogP contribution >= 0.6 is 11.6 Å². The zero-order valence-electron chi connectivity index (χ0n) is 20.5. The van der Waals surface area contributed by atoms with Crippen LogP contribution in [0.15, 0.2) is 54.6 Å². The van der Waals surface area contributed by atoms with Gasteiger partial charge in [-0.15, -0.1) is 0 Å². The van der Waals surface area contributed by atoms with Gasteiger partial charge >= 0.3 is 6.18 Å². The molecule has 1 atom stereocenters. The van der Waals surface area contributed by atoms with Crippen molar-refractivity contribution in [3.63, 3.8) is 0 Å². The Morgan fingerprint density at radius 1 is 1.14 bits per heavy atom. The maximum absolute atomic E-state index is 14.0. The van der Waals surface area contributed by atoms with Crippen molar-refractivity contribution in [3.8, 4) is 16.9 Å². The molecule has 1 aromatic heterocycles. The number of fused-ring (bicyclic) bond motifs is 1. The molecule has 192 valence electrons. The lowest BCUT2D eigenvalue weighted by Crippen LogP contribution is -2.43. The van der Waals surface area contributed by atoms with E-state index in [-0.39, 0.29) is 11.4 Å². The first-order valence-corrected chi connectivity index (χ1v) is 12.2. The molecule has 0 saturated carbocycles. The van der Waals surface area contributed by atoms with Gasteiger partial charge in [0.25, 0.3) is 5.91 Å². The third kappa shape index (κ3) is 4.44. The minimum Gasteiger partial charge on any atom is -0.497 e. The Morgan fingerprint density at radius 3 is 2.54 bits per heavy atom. The normalized spacial score (nSPS) is 18.0. The molecule has 9 heteroatoms. The summed E-state index contributed by atoms with van der Waals surface area (Å²) in [5, 5.41) is -0.411. The summed E-state index contributed by atoms with van der Waals surface area (Å²) in [4.78, 5) is 23.4. The summed E-state index contributed by atoms with van der Waals surface area (Å²) >= 11 is 5.91. The Labute approximate surface area is 217 Å². The molecule has 2 heterocycles. The average molecular weight is 528 g/mol.